The molecule has 0 spiro atoms. The molecule has 0 aliphatic heterocycles. The van der Waals surface area contributed by atoms with Crippen molar-refractivity contribution in [2.75, 3.05) is 0 Å². The fourth-order valence-corrected chi connectivity index (χ4v) is 3.64. The number of para-hydroxylation sites is 2. The number of aldehydes is 2. The van der Waals surface area contributed by atoms with Gasteiger partial charge >= 0.3 is 0 Å². The summed E-state index contributed by atoms with van der Waals surface area (Å²) in [5.41, 5.74) is 3.98. The Balaban J connectivity index is 1.59. The van der Waals surface area contributed by atoms with Crippen molar-refractivity contribution in [3.8, 4) is 11.5 Å². The minimum absolute atomic E-state index is 0.249. The Bertz CT molecular complexity index is 1250. The number of hydrogen-bond donors (Lipinski definition) is 0. The molecule has 0 aromatic heterocycles. The maximum absolute atomic E-state index is 12.0. The predicted molar refractivity (Wildman–Crippen MR) is 143 cm³/mol. The molecule has 0 aliphatic carbocycles. The summed E-state index contributed by atoms with van der Waals surface area (Å²) in [6, 6.07) is 34.5. The molecule has 0 saturated heterocycles. The highest BCUT2D eigenvalue weighted by Crippen LogP contribution is 2.26. The average Bonchev–Trinajstić information content (AvgIpc) is 2.94. The third-order valence-corrected chi connectivity index (χ3v) is 5.52. The van der Waals surface area contributed by atoms with Crippen LogP contribution in [0.4, 0.5) is 0 Å². The van der Waals surface area contributed by atoms with Crippen LogP contribution in [0.3, 0.4) is 0 Å². The molecule has 0 bridgehead atoms. The van der Waals surface area contributed by atoms with E-state index in [2.05, 4.69) is 0 Å². The van der Waals surface area contributed by atoms with Gasteiger partial charge in [-0.25, -0.2) is 0 Å². The van der Waals surface area contributed by atoms with Crippen LogP contribution in [0.2, 0.25) is 0 Å². The topological polar surface area (TPSA) is 52.6 Å². The van der Waals surface area contributed by atoms with E-state index in [1.54, 1.807) is 12.2 Å². The molecule has 36 heavy (non-hydrogen) atoms. The van der Waals surface area contributed by atoms with Gasteiger partial charge in [0.2, 0.25) is 0 Å². The van der Waals surface area contributed by atoms with Crippen molar-refractivity contribution in [2.24, 2.45) is 0 Å². The summed E-state index contributed by atoms with van der Waals surface area (Å²) >= 11 is 0. The Morgan fingerprint density at radius 3 is 1.25 bits per heavy atom. The van der Waals surface area contributed by atoms with Crippen molar-refractivity contribution in [1.82, 2.24) is 0 Å². The van der Waals surface area contributed by atoms with Crippen LogP contribution < -0.4 is 9.47 Å². The van der Waals surface area contributed by atoms with E-state index in [0.717, 1.165) is 11.1 Å². The number of carbonyl (C=O) groups excluding carboxylic acids is 2. The van der Waals surface area contributed by atoms with Gasteiger partial charge in [0.05, 0.1) is 0 Å². The van der Waals surface area contributed by atoms with E-state index in [-0.39, 0.29) is 11.1 Å². The molecule has 4 nitrogen and oxygen atoms in total. The second-order valence-electron chi connectivity index (χ2n) is 8.06. The van der Waals surface area contributed by atoms with Crippen molar-refractivity contribution in [1.29, 1.82) is 0 Å². The minimum atomic E-state index is 0.249. The summed E-state index contributed by atoms with van der Waals surface area (Å²) in [4.78, 5) is 24.1. The van der Waals surface area contributed by atoms with Crippen LogP contribution in [-0.4, -0.2) is 12.6 Å². The summed E-state index contributed by atoms with van der Waals surface area (Å²) in [6.45, 7) is 0.787. The Morgan fingerprint density at radius 2 is 0.861 bits per heavy atom. The molecule has 178 valence electrons. The first kappa shape index (κ1) is 24.4. The predicted octanol–water partition coefficient (Wildman–Crippen LogP) is 6.71. The molecule has 0 aliphatic rings. The lowest BCUT2D eigenvalue weighted by Crippen LogP contribution is -1.99. The number of allylic oxidation sites excluding steroid dienone is 2. The summed E-state index contributed by atoms with van der Waals surface area (Å²) in [6.07, 6.45) is 4.70. The number of benzene rings is 4. The fourth-order valence-electron chi connectivity index (χ4n) is 3.64. The maximum Gasteiger partial charge on any atom is 0.150 e. The highest BCUT2D eigenvalue weighted by molar-refractivity contribution is 6.03. The summed E-state index contributed by atoms with van der Waals surface area (Å²) < 4.78 is 12.0. The van der Waals surface area contributed by atoms with Gasteiger partial charge in [0.15, 0.2) is 12.6 Å². The monoisotopic (exact) mass is 474 g/mol. The lowest BCUT2D eigenvalue weighted by atomic mass is 10.0. The fraction of sp³-hybridized carbons (Fsp3) is 0.0625. The molecule has 0 saturated carbocycles. The highest BCUT2D eigenvalue weighted by Gasteiger charge is 2.10. The van der Waals surface area contributed by atoms with Gasteiger partial charge in [0.25, 0.3) is 0 Å². The quantitative estimate of drug-likeness (QED) is 0.138. The second-order valence-corrected chi connectivity index (χ2v) is 8.06. The van der Waals surface area contributed by atoms with Crippen LogP contribution in [0.5, 0.6) is 11.5 Å². The first-order valence-corrected chi connectivity index (χ1v) is 11.6. The number of hydrogen-bond acceptors (Lipinski definition) is 4. The van der Waals surface area contributed by atoms with Gasteiger partial charge in [0, 0.05) is 22.3 Å². The van der Waals surface area contributed by atoms with E-state index in [4.69, 9.17) is 9.47 Å². The molecular formula is C32H26O4. The van der Waals surface area contributed by atoms with E-state index >= 15 is 0 Å². The molecule has 4 aromatic rings. The third kappa shape index (κ3) is 6.67. The molecule has 0 atom stereocenters. The SMILES string of the molecule is O=CC(=Cc1ccccc1OCc1ccccc1)C(C=O)=Cc1ccccc1OCc1ccccc1. The summed E-state index contributed by atoms with van der Waals surface area (Å²) in [5, 5.41) is 0. The van der Waals surface area contributed by atoms with Crippen LogP contribution >= 0.6 is 0 Å². The molecule has 0 amide bonds. The molecule has 4 rings (SSSR count). The van der Waals surface area contributed by atoms with Crippen molar-refractivity contribution >= 4 is 24.7 Å². The molecule has 0 N–H and O–H groups in total. The van der Waals surface area contributed by atoms with Crippen LogP contribution in [-0.2, 0) is 22.8 Å². The highest BCUT2D eigenvalue weighted by atomic mass is 16.5. The zero-order valence-electron chi connectivity index (χ0n) is 19.7. The molecule has 0 fully saturated rings. The number of ether oxygens (including phenoxy) is 2. The van der Waals surface area contributed by atoms with E-state index in [1.165, 1.54) is 0 Å². The maximum atomic E-state index is 12.0. The Morgan fingerprint density at radius 1 is 0.500 bits per heavy atom. The van der Waals surface area contributed by atoms with Gasteiger partial charge < -0.3 is 9.47 Å². The lowest BCUT2D eigenvalue weighted by molar-refractivity contribution is -0.107. The zero-order valence-corrected chi connectivity index (χ0v) is 19.7. The first-order valence-electron chi connectivity index (χ1n) is 11.6. The van der Waals surface area contributed by atoms with E-state index in [1.807, 2.05) is 109 Å². The van der Waals surface area contributed by atoms with Crippen molar-refractivity contribution in [3.63, 3.8) is 0 Å². The molecule has 4 aromatic carbocycles. The van der Waals surface area contributed by atoms with Gasteiger partial charge in [0.1, 0.15) is 24.7 Å². The first-order chi connectivity index (χ1) is 17.8. The van der Waals surface area contributed by atoms with E-state index in [9.17, 15) is 9.59 Å². The summed E-state index contributed by atoms with van der Waals surface area (Å²) in [5.74, 6) is 1.25. The van der Waals surface area contributed by atoms with Crippen molar-refractivity contribution < 1.29 is 19.1 Å². The lowest BCUT2D eigenvalue weighted by Gasteiger charge is -2.11. The van der Waals surface area contributed by atoms with Gasteiger partial charge in [-0.15, -0.1) is 0 Å². The normalized spacial score (nSPS) is 11.6. The Labute approximate surface area is 211 Å². The van der Waals surface area contributed by atoms with Gasteiger partial charge in [-0.3, -0.25) is 9.59 Å². The molecule has 4 heteroatoms. The minimum Gasteiger partial charge on any atom is -0.488 e. The standard InChI is InChI=1S/C32H26O4/c33-21-29(19-27-15-7-9-17-31(27)35-23-25-11-3-1-4-12-25)30(22-34)20-28-16-8-10-18-32(28)36-24-26-13-5-2-6-14-26/h1-22H,23-24H2. The van der Waals surface area contributed by atoms with Crippen molar-refractivity contribution in [2.45, 2.75) is 13.2 Å². The summed E-state index contributed by atoms with van der Waals surface area (Å²) in [7, 11) is 0. The van der Waals surface area contributed by atoms with Crippen LogP contribution in [0.15, 0.2) is 120 Å². The number of carbonyl (C=O) groups is 2. The molecule has 0 heterocycles. The molecule has 0 unspecified atom stereocenters. The van der Waals surface area contributed by atoms with E-state index in [0.29, 0.717) is 48.4 Å². The van der Waals surface area contributed by atoms with Gasteiger partial charge in [-0.2, -0.15) is 0 Å². The van der Waals surface area contributed by atoms with Crippen LogP contribution in [0.1, 0.15) is 22.3 Å². The van der Waals surface area contributed by atoms with Gasteiger partial charge in [-0.1, -0.05) is 97.1 Å². The second kappa shape index (κ2) is 12.7. The van der Waals surface area contributed by atoms with Crippen LogP contribution in [0.25, 0.3) is 12.2 Å². The van der Waals surface area contributed by atoms with Gasteiger partial charge in [-0.05, 0) is 35.4 Å². The Hall–Kier alpha value is -4.70. The largest absolute Gasteiger partial charge is 0.488 e. The smallest absolute Gasteiger partial charge is 0.150 e. The third-order valence-electron chi connectivity index (χ3n) is 5.52. The Kier molecular flexibility index (Phi) is 8.60. The molecular weight excluding hydrogens is 448 g/mol. The van der Waals surface area contributed by atoms with E-state index < -0.39 is 0 Å². The molecule has 0 radical (unpaired) electrons. The number of rotatable bonds is 11. The van der Waals surface area contributed by atoms with Crippen LogP contribution in [0, 0.1) is 0 Å². The van der Waals surface area contributed by atoms with Crippen molar-refractivity contribution in [3.05, 3.63) is 143 Å². The average molecular weight is 475 g/mol. The zero-order chi connectivity index (χ0) is 25.0.